The minimum absolute atomic E-state index is 0.173. The lowest BCUT2D eigenvalue weighted by Crippen LogP contribution is -2.39. The van der Waals surface area contributed by atoms with Crippen LogP contribution in [-0.2, 0) is 11.2 Å². The van der Waals surface area contributed by atoms with Crippen molar-refractivity contribution in [3.8, 4) is 0 Å². The van der Waals surface area contributed by atoms with E-state index in [2.05, 4.69) is 11.4 Å². The first-order valence-corrected chi connectivity index (χ1v) is 6.52. The smallest absolute Gasteiger partial charge is 0.231 e. The minimum Gasteiger partial charge on any atom is -0.385 e. The molecule has 0 saturated heterocycles. The molecule has 0 aromatic heterocycles. The quantitative estimate of drug-likeness (QED) is 0.845. The molecule has 0 radical (unpaired) electrons. The van der Waals surface area contributed by atoms with Gasteiger partial charge in [0.15, 0.2) is 0 Å². The van der Waals surface area contributed by atoms with Crippen molar-refractivity contribution in [3.63, 3.8) is 0 Å². The van der Waals surface area contributed by atoms with Gasteiger partial charge in [-0.25, -0.2) is 0 Å². The molecule has 1 amide bonds. The van der Waals surface area contributed by atoms with Crippen LogP contribution in [0.1, 0.15) is 18.4 Å². The Morgan fingerprint density at radius 2 is 2.22 bits per heavy atom. The van der Waals surface area contributed by atoms with Gasteiger partial charge in [0, 0.05) is 31.0 Å². The highest BCUT2D eigenvalue weighted by molar-refractivity contribution is 6.01. The number of amides is 1. The van der Waals surface area contributed by atoms with Crippen molar-refractivity contribution in [1.82, 2.24) is 0 Å². The molecule has 0 atom stereocenters. The van der Waals surface area contributed by atoms with E-state index in [-0.39, 0.29) is 5.91 Å². The predicted molar refractivity (Wildman–Crippen MR) is 72.7 cm³/mol. The molecule has 0 spiro atoms. The average Bonchev–Trinajstić information content (AvgIpc) is 2.59. The van der Waals surface area contributed by atoms with Crippen LogP contribution in [0.15, 0.2) is 18.2 Å². The van der Waals surface area contributed by atoms with E-state index in [0.717, 1.165) is 36.3 Å². The van der Waals surface area contributed by atoms with E-state index in [9.17, 15) is 4.79 Å². The zero-order chi connectivity index (χ0) is 12.7. The fourth-order valence-corrected chi connectivity index (χ4v) is 2.80. The number of hydrogen-bond donors (Lipinski definition) is 2. The molecule has 1 saturated carbocycles. The van der Waals surface area contributed by atoms with Gasteiger partial charge >= 0.3 is 0 Å². The Morgan fingerprint density at radius 3 is 2.94 bits per heavy atom. The van der Waals surface area contributed by atoms with E-state index >= 15 is 0 Å². The van der Waals surface area contributed by atoms with Gasteiger partial charge in [0.1, 0.15) is 0 Å². The number of nitrogens with one attached hydrogen (secondary N) is 1. The Morgan fingerprint density at radius 1 is 1.44 bits per heavy atom. The van der Waals surface area contributed by atoms with Gasteiger partial charge in [-0.1, -0.05) is 0 Å². The maximum atomic E-state index is 11.6. The molecule has 4 nitrogen and oxygen atoms in total. The zero-order valence-corrected chi connectivity index (χ0v) is 10.6. The highest BCUT2D eigenvalue weighted by Gasteiger charge is 2.26. The van der Waals surface area contributed by atoms with E-state index in [1.165, 1.54) is 0 Å². The van der Waals surface area contributed by atoms with E-state index in [1.54, 1.807) is 4.90 Å². The van der Waals surface area contributed by atoms with Gasteiger partial charge in [0.05, 0.1) is 6.42 Å². The van der Waals surface area contributed by atoms with Crippen molar-refractivity contribution in [2.45, 2.75) is 25.3 Å². The molecule has 96 valence electrons. The molecule has 0 unspecified atom stereocenters. The Balaban J connectivity index is 1.65. The van der Waals surface area contributed by atoms with Crippen LogP contribution in [0, 0.1) is 5.92 Å². The van der Waals surface area contributed by atoms with Gasteiger partial charge in [0.25, 0.3) is 0 Å². The summed E-state index contributed by atoms with van der Waals surface area (Å²) in [6, 6.07) is 6.57. The molecule has 18 heavy (non-hydrogen) atoms. The summed E-state index contributed by atoms with van der Waals surface area (Å²) in [6.45, 7) is 0.982. The van der Waals surface area contributed by atoms with Crippen LogP contribution in [0.4, 0.5) is 11.4 Å². The summed E-state index contributed by atoms with van der Waals surface area (Å²) in [5.41, 5.74) is 9.04. The van der Waals surface area contributed by atoms with Gasteiger partial charge in [0.2, 0.25) is 5.91 Å². The predicted octanol–water partition coefficient (Wildman–Crippen LogP) is 1.35. The standard InChI is InChI=1S/C14H19N3O/c1-17-13-3-2-12(6-10(13)7-14(17)18)16-8-9-4-11(15)5-9/h2-3,6,9,11,16H,4-5,7-8,15H2,1H3. The third kappa shape index (κ3) is 1.97. The second kappa shape index (κ2) is 4.28. The number of rotatable bonds is 3. The number of nitrogens with zero attached hydrogens (tertiary/aromatic N) is 1. The summed E-state index contributed by atoms with van der Waals surface area (Å²) < 4.78 is 0. The summed E-state index contributed by atoms with van der Waals surface area (Å²) in [5, 5.41) is 3.44. The van der Waals surface area contributed by atoms with Crippen LogP contribution in [0.2, 0.25) is 0 Å². The first kappa shape index (κ1) is 11.5. The van der Waals surface area contributed by atoms with E-state index in [4.69, 9.17) is 5.73 Å². The van der Waals surface area contributed by atoms with Crippen LogP contribution < -0.4 is 16.0 Å². The van der Waals surface area contributed by atoms with E-state index in [0.29, 0.717) is 18.4 Å². The molecule has 4 heteroatoms. The Bertz CT molecular complexity index is 480. The molecule has 1 aromatic carbocycles. The summed E-state index contributed by atoms with van der Waals surface area (Å²) in [4.78, 5) is 13.3. The topological polar surface area (TPSA) is 58.4 Å². The summed E-state index contributed by atoms with van der Waals surface area (Å²) in [7, 11) is 1.83. The fraction of sp³-hybridized carbons (Fsp3) is 0.500. The molecule has 2 aliphatic rings. The molecule has 1 heterocycles. The Hall–Kier alpha value is -1.55. The normalized spacial score (nSPS) is 25.9. The fourth-order valence-electron chi connectivity index (χ4n) is 2.80. The molecule has 1 aromatic rings. The molecule has 1 aliphatic carbocycles. The third-order valence-corrected chi connectivity index (χ3v) is 4.02. The summed E-state index contributed by atoms with van der Waals surface area (Å²) in [6.07, 6.45) is 2.77. The van der Waals surface area contributed by atoms with E-state index in [1.807, 2.05) is 19.2 Å². The molecule has 1 aliphatic heterocycles. The van der Waals surface area contributed by atoms with Crippen molar-refractivity contribution in [3.05, 3.63) is 23.8 Å². The second-order valence-corrected chi connectivity index (χ2v) is 5.45. The first-order chi connectivity index (χ1) is 8.63. The number of nitrogens with two attached hydrogens (primary N) is 1. The molecular formula is C14H19N3O. The molecule has 3 N–H and O–H groups in total. The average molecular weight is 245 g/mol. The lowest BCUT2D eigenvalue weighted by molar-refractivity contribution is -0.117. The van der Waals surface area contributed by atoms with Crippen molar-refractivity contribution in [2.24, 2.45) is 11.7 Å². The van der Waals surface area contributed by atoms with Crippen molar-refractivity contribution in [2.75, 3.05) is 23.8 Å². The number of anilines is 2. The number of fused-ring (bicyclic) bond motifs is 1. The SMILES string of the molecule is CN1C(=O)Cc2cc(NCC3CC(N)C3)ccc21. The van der Waals surface area contributed by atoms with Crippen LogP contribution in [0.5, 0.6) is 0 Å². The van der Waals surface area contributed by atoms with E-state index < -0.39 is 0 Å². The minimum atomic E-state index is 0.173. The van der Waals surface area contributed by atoms with Crippen LogP contribution in [0.25, 0.3) is 0 Å². The van der Waals surface area contributed by atoms with Crippen molar-refractivity contribution in [1.29, 1.82) is 0 Å². The van der Waals surface area contributed by atoms with Gasteiger partial charge < -0.3 is 16.0 Å². The maximum Gasteiger partial charge on any atom is 0.231 e. The number of carbonyl (C=O) groups is 1. The monoisotopic (exact) mass is 245 g/mol. The van der Waals surface area contributed by atoms with Gasteiger partial charge in [-0.05, 0) is 42.5 Å². The first-order valence-electron chi connectivity index (χ1n) is 6.52. The maximum absolute atomic E-state index is 11.6. The summed E-state index contributed by atoms with van der Waals surface area (Å²) >= 11 is 0. The van der Waals surface area contributed by atoms with Crippen molar-refractivity contribution < 1.29 is 4.79 Å². The zero-order valence-electron chi connectivity index (χ0n) is 10.6. The number of hydrogen-bond acceptors (Lipinski definition) is 3. The highest BCUT2D eigenvalue weighted by atomic mass is 16.2. The molecular weight excluding hydrogens is 226 g/mol. The number of benzene rings is 1. The van der Waals surface area contributed by atoms with Gasteiger partial charge in [-0.15, -0.1) is 0 Å². The lowest BCUT2D eigenvalue weighted by atomic mass is 9.81. The van der Waals surface area contributed by atoms with Gasteiger partial charge in [-0.2, -0.15) is 0 Å². The Labute approximate surface area is 107 Å². The number of carbonyl (C=O) groups excluding carboxylic acids is 1. The molecule has 1 fully saturated rings. The second-order valence-electron chi connectivity index (χ2n) is 5.45. The van der Waals surface area contributed by atoms with Crippen molar-refractivity contribution >= 4 is 17.3 Å². The summed E-state index contributed by atoms with van der Waals surface area (Å²) in [5.74, 6) is 0.879. The highest BCUT2D eigenvalue weighted by Crippen LogP contribution is 2.31. The largest absolute Gasteiger partial charge is 0.385 e. The van der Waals surface area contributed by atoms with Crippen LogP contribution in [0.3, 0.4) is 0 Å². The lowest BCUT2D eigenvalue weighted by Gasteiger charge is -2.32. The van der Waals surface area contributed by atoms with Gasteiger partial charge in [-0.3, -0.25) is 4.79 Å². The van der Waals surface area contributed by atoms with Crippen LogP contribution in [-0.4, -0.2) is 25.5 Å². The number of likely N-dealkylation sites (N-methyl/N-ethyl adjacent to an activating group) is 1. The molecule has 3 rings (SSSR count). The van der Waals surface area contributed by atoms with Crippen LogP contribution >= 0.6 is 0 Å². The molecule has 0 bridgehead atoms. The Kier molecular flexibility index (Phi) is 2.74. The third-order valence-electron chi connectivity index (χ3n) is 4.02.